The zero-order chi connectivity index (χ0) is 17.4. The van der Waals surface area contributed by atoms with Crippen LogP contribution in [0.3, 0.4) is 0 Å². The van der Waals surface area contributed by atoms with Crippen LogP contribution in [0.2, 0.25) is 0 Å². The molecule has 1 aliphatic heterocycles. The van der Waals surface area contributed by atoms with Crippen molar-refractivity contribution in [2.24, 2.45) is 4.99 Å². The molecule has 24 heavy (non-hydrogen) atoms. The molecule has 0 bridgehead atoms. The van der Waals surface area contributed by atoms with Crippen molar-refractivity contribution in [1.82, 2.24) is 10.6 Å². The molecule has 2 rings (SSSR count). The van der Waals surface area contributed by atoms with Crippen molar-refractivity contribution in [3.8, 4) is 0 Å². The van der Waals surface area contributed by atoms with E-state index in [-0.39, 0.29) is 24.3 Å². The molecule has 1 saturated heterocycles. The summed E-state index contributed by atoms with van der Waals surface area (Å²) in [6.45, 7) is 6.55. The van der Waals surface area contributed by atoms with Gasteiger partial charge >= 0.3 is 0 Å². The van der Waals surface area contributed by atoms with Gasteiger partial charge in [-0.25, -0.2) is 13.8 Å². The van der Waals surface area contributed by atoms with Crippen molar-refractivity contribution in [3.63, 3.8) is 0 Å². The number of halogens is 2. The molecular formula is C17H25F2N3O2. The van der Waals surface area contributed by atoms with E-state index in [4.69, 9.17) is 9.47 Å². The average Bonchev–Trinajstić information content (AvgIpc) is 3.07. The molecule has 0 saturated carbocycles. The van der Waals surface area contributed by atoms with Gasteiger partial charge in [0.1, 0.15) is 11.6 Å². The highest BCUT2D eigenvalue weighted by Gasteiger charge is 2.17. The van der Waals surface area contributed by atoms with Crippen molar-refractivity contribution < 1.29 is 18.3 Å². The van der Waals surface area contributed by atoms with E-state index in [1.54, 1.807) is 0 Å². The first-order valence-corrected chi connectivity index (χ1v) is 8.26. The second-order valence-electron chi connectivity index (χ2n) is 5.80. The number of hydrogen-bond donors (Lipinski definition) is 2. The first-order valence-electron chi connectivity index (χ1n) is 8.26. The first-order chi connectivity index (χ1) is 11.6. The molecule has 1 heterocycles. The lowest BCUT2D eigenvalue weighted by molar-refractivity contribution is 0.0347. The summed E-state index contributed by atoms with van der Waals surface area (Å²) in [5.74, 6) is -0.395. The Bertz CT molecular complexity index is 549. The van der Waals surface area contributed by atoms with E-state index in [0.717, 1.165) is 31.2 Å². The lowest BCUT2D eigenvalue weighted by atomic mass is 10.2. The quantitative estimate of drug-likeness (QED) is 0.590. The normalized spacial score (nSPS) is 19.3. The summed E-state index contributed by atoms with van der Waals surface area (Å²) in [6.07, 6.45) is 1.06. The van der Waals surface area contributed by atoms with Crippen LogP contribution in [-0.2, 0) is 16.0 Å². The maximum atomic E-state index is 13.7. The summed E-state index contributed by atoms with van der Waals surface area (Å²) < 4.78 is 37.9. The van der Waals surface area contributed by atoms with E-state index in [1.165, 1.54) is 0 Å². The maximum absolute atomic E-state index is 13.7. The Kier molecular flexibility index (Phi) is 7.39. The van der Waals surface area contributed by atoms with Crippen molar-refractivity contribution in [2.75, 3.05) is 26.4 Å². The van der Waals surface area contributed by atoms with Gasteiger partial charge in [-0.3, -0.25) is 0 Å². The fourth-order valence-electron chi connectivity index (χ4n) is 2.35. The fraction of sp³-hybridized carbons (Fsp3) is 0.588. The number of nitrogens with zero attached hydrogens (tertiary/aromatic N) is 1. The minimum Gasteiger partial charge on any atom is -0.379 e. The van der Waals surface area contributed by atoms with Gasteiger partial charge in [0.05, 0.1) is 25.9 Å². The molecule has 5 nitrogen and oxygen atoms in total. The Hall–Kier alpha value is -1.73. The zero-order valence-corrected chi connectivity index (χ0v) is 14.1. The molecule has 0 spiro atoms. The molecule has 1 aromatic rings. The monoisotopic (exact) mass is 341 g/mol. The number of ether oxygens (including phenoxy) is 2. The van der Waals surface area contributed by atoms with Crippen molar-refractivity contribution in [1.29, 1.82) is 0 Å². The van der Waals surface area contributed by atoms with Crippen LogP contribution in [0.5, 0.6) is 0 Å². The largest absolute Gasteiger partial charge is 0.379 e. The second kappa shape index (κ2) is 9.54. The van der Waals surface area contributed by atoms with Crippen LogP contribution < -0.4 is 10.6 Å². The second-order valence-corrected chi connectivity index (χ2v) is 5.80. The zero-order valence-electron chi connectivity index (χ0n) is 14.1. The van der Waals surface area contributed by atoms with E-state index in [0.29, 0.717) is 25.7 Å². The molecule has 0 radical (unpaired) electrons. The van der Waals surface area contributed by atoms with Crippen LogP contribution in [0, 0.1) is 11.6 Å². The predicted molar refractivity (Wildman–Crippen MR) is 88.9 cm³/mol. The Labute approximate surface area is 141 Å². The van der Waals surface area contributed by atoms with Crippen LogP contribution in [0.15, 0.2) is 23.2 Å². The molecule has 2 atom stereocenters. The molecule has 0 aromatic heterocycles. The van der Waals surface area contributed by atoms with E-state index in [1.807, 2.05) is 13.8 Å². The smallest absolute Gasteiger partial charge is 0.191 e. The van der Waals surface area contributed by atoms with E-state index >= 15 is 0 Å². The van der Waals surface area contributed by atoms with Gasteiger partial charge in [0.25, 0.3) is 0 Å². The summed E-state index contributed by atoms with van der Waals surface area (Å²) in [6, 6.07) is 3.40. The van der Waals surface area contributed by atoms with Crippen LogP contribution in [0.4, 0.5) is 8.78 Å². The number of aliphatic imine (C=N–C) groups is 1. The van der Waals surface area contributed by atoms with Crippen LogP contribution in [-0.4, -0.2) is 44.5 Å². The number of nitrogens with one attached hydrogen (secondary N) is 2. The molecule has 2 unspecified atom stereocenters. The highest BCUT2D eigenvalue weighted by atomic mass is 19.1. The number of hydrogen-bond acceptors (Lipinski definition) is 3. The standard InChI is InChI=1S/C17H25F2N3O2/c1-3-20-17(21-9-13-8-14(18)4-5-16(13)19)22-12(2)10-24-15-6-7-23-11-15/h4-5,8,12,15H,3,6-7,9-11H2,1-2H3,(H2,20,21,22). The first kappa shape index (κ1) is 18.6. The average molecular weight is 341 g/mol. The van der Waals surface area contributed by atoms with Crippen molar-refractivity contribution in [3.05, 3.63) is 35.4 Å². The number of guanidine groups is 1. The Balaban J connectivity index is 1.88. The van der Waals surface area contributed by atoms with Gasteiger partial charge in [-0.1, -0.05) is 0 Å². The summed E-state index contributed by atoms with van der Waals surface area (Å²) >= 11 is 0. The maximum Gasteiger partial charge on any atom is 0.191 e. The van der Waals surface area contributed by atoms with Crippen LogP contribution in [0.1, 0.15) is 25.8 Å². The van der Waals surface area contributed by atoms with Gasteiger partial charge in [-0.2, -0.15) is 0 Å². The van der Waals surface area contributed by atoms with Gasteiger partial charge in [0.15, 0.2) is 5.96 Å². The van der Waals surface area contributed by atoms with Crippen LogP contribution in [0.25, 0.3) is 0 Å². The highest BCUT2D eigenvalue weighted by Crippen LogP contribution is 2.11. The SMILES string of the molecule is CCNC(=NCc1cc(F)ccc1F)NC(C)COC1CCOC1. The van der Waals surface area contributed by atoms with Gasteiger partial charge in [0, 0.05) is 24.8 Å². The molecule has 1 aromatic carbocycles. The third-order valence-electron chi connectivity index (χ3n) is 3.61. The number of rotatable bonds is 7. The fourth-order valence-corrected chi connectivity index (χ4v) is 2.35. The topological polar surface area (TPSA) is 54.9 Å². The minimum atomic E-state index is -0.472. The lowest BCUT2D eigenvalue weighted by Gasteiger charge is -2.19. The van der Waals surface area contributed by atoms with Gasteiger partial charge < -0.3 is 20.1 Å². The van der Waals surface area contributed by atoms with Crippen LogP contribution >= 0.6 is 0 Å². The number of benzene rings is 1. The van der Waals surface area contributed by atoms with E-state index in [2.05, 4.69) is 15.6 Å². The summed E-state index contributed by atoms with van der Waals surface area (Å²) in [5.41, 5.74) is 0.221. The van der Waals surface area contributed by atoms with Crippen molar-refractivity contribution >= 4 is 5.96 Å². The Morgan fingerprint density at radius 2 is 2.29 bits per heavy atom. The summed E-state index contributed by atoms with van der Waals surface area (Å²) in [7, 11) is 0. The third kappa shape index (κ3) is 6.05. The lowest BCUT2D eigenvalue weighted by Crippen LogP contribution is -2.44. The molecule has 7 heteroatoms. The molecular weight excluding hydrogens is 316 g/mol. The molecule has 2 N–H and O–H groups in total. The summed E-state index contributed by atoms with van der Waals surface area (Å²) in [4.78, 5) is 4.31. The molecule has 1 fully saturated rings. The minimum absolute atomic E-state index is 0.0285. The Morgan fingerprint density at radius 3 is 3.00 bits per heavy atom. The molecule has 1 aliphatic rings. The predicted octanol–water partition coefficient (Wildman–Crippen LogP) is 2.21. The van der Waals surface area contributed by atoms with Gasteiger partial charge in [-0.15, -0.1) is 0 Å². The highest BCUT2D eigenvalue weighted by molar-refractivity contribution is 5.80. The van der Waals surface area contributed by atoms with E-state index in [9.17, 15) is 8.78 Å². The molecule has 134 valence electrons. The Morgan fingerprint density at radius 1 is 1.46 bits per heavy atom. The van der Waals surface area contributed by atoms with Gasteiger partial charge in [0.2, 0.25) is 0 Å². The molecule has 0 aliphatic carbocycles. The van der Waals surface area contributed by atoms with E-state index < -0.39 is 11.6 Å². The van der Waals surface area contributed by atoms with Gasteiger partial charge in [-0.05, 0) is 38.5 Å². The summed E-state index contributed by atoms with van der Waals surface area (Å²) in [5, 5.41) is 6.29. The van der Waals surface area contributed by atoms with Crippen molar-refractivity contribution in [2.45, 2.75) is 39.0 Å². The molecule has 0 amide bonds. The third-order valence-corrected chi connectivity index (χ3v) is 3.61.